The fraction of sp³-hybridized carbons (Fsp3) is 0.417. The Hall–Kier alpha value is -1.71. The Balaban J connectivity index is 1.92. The molecule has 0 heterocycles. The van der Waals surface area contributed by atoms with Crippen LogP contribution >= 0.6 is 46.4 Å². The highest BCUT2D eigenvalue weighted by Crippen LogP contribution is 2.31. The summed E-state index contributed by atoms with van der Waals surface area (Å²) in [7, 11) is -3.91. The molecule has 1 fully saturated rings. The summed E-state index contributed by atoms with van der Waals surface area (Å²) in [5.74, 6) is -0.905. The fourth-order valence-corrected chi connectivity index (χ4v) is 5.83. The standard InChI is InChI=1S/C24H27Cl4N3O4S/c1-15(24(33)29-18-5-3-4-6-18)30(13-16-7-9-19(26)20(27)11-16)23(32)14-31(36(2,34)35)22-10-8-17(25)12-21(22)28/h7-12,15,18H,3-6,13-14H2,1-2H3,(H,29,33)/t15-/m1/s1. The van der Waals surface area contributed by atoms with Gasteiger partial charge in [-0.2, -0.15) is 0 Å². The highest BCUT2D eigenvalue weighted by molar-refractivity contribution is 7.92. The third-order valence-corrected chi connectivity index (χ3v) is 8.47. The van der Waals surface area contributed by atoms with Crippen molar-refractivity contribution in [2.45, 2.75) is 51.2 Å². The number of benzene rings is 2. The minimum Gasteiger partial charge on any atom is -0.352 e. The van der Waals surface area contributed by atoms with Gasteiger partial charge in [0.2, 0.25) is 21.8 Å². The summed E-state index contributed by atoms with van der Waals surface area (Å²) in [6.45, 7) is 1.06. The van der Waals surface area contributed by atoms with Gasteiger partial charge in [-0.15, -0.1) is 0 Å². The van der Waals surface area contributed by atoms with Crippen molar-refractivity contribution in [2.75, 3.05) is 17.1 Å². The number of sulfonamides is 1. The molecule has 12 heteroatoms. The number of hydrogen-bond donors (Lipinski definition) is 1. The number of carbonyl (C=O) groups excluding carboxylic acids is 2. The Kier molecular flexibility index (Phi) is 9.80. The van der Waals surface area contributed by atoms with Crippen LogP contribution in [0, 0.1) is 0 Å². The van der Waals surface area contributed by atoms with E-state index in [-0.39, 0.29) is 29.2 Å². The number of rotatable bonds is 9. The lowest BCUT2D eigenvalue weighted by Gasteiger charge is -2.32. The molecule has 1 aliphatic carbocycles. The molecule has 0 bridgehead atoms. The van der Waals surface area contributed by atoms with Gasteiger partial charge >= 0.3 is 0 Å². The Morgan fingerprint density at radius 3 is 2.25 bits per heavy atom. The highest BCUT2D eigenvalue weighted by Gasteiger charge is 2.32. The topological polar surface area (TPSA) is 86.8 Å². The maximum Gasteiger partial charge on any atom is 0.244 e. The van der Waals surface area contributed by atoms with E-state index in [9.17, 15) is 18.0 Å². The van der Waals surface area contributed by atoms with Crippen molar-refractivity contribution >= 4 is 73.9 Å². The number of amides is 2. The van der Waals surface area contributed by atoms with Crippen molar-refractivity contribution in [2.24, 2.45) is 0 Å². The number of halogens is 4. The molecule has 0 radical (unpaired) electrons. The van der Waals surface area contributed by atoms with E-state index in [0.717, 1.165) is 36.2 Å². The smallest absolute Gasteiger partial charge is 0.244 e. The van der Waals surface area contributed by atoms with Crippen LogP contribution in [0.3, 0.4) is 0 Å². The molecule has 0 spiro atoms. The maximum absolute atomic E-state index is 13.6. The average Bonchev–Trinajstić information content (AvgIpc) is 3.30. The molecule has 3 rings (SSSR count). The molecule has 0 saturated heterocycles. The molecule has 1 aliphatic rings. The number of anilines is 1. The Bertz CT molecular complexity index is 1240. The van der Waals surface area contributed by atoms with Gasteiger partial charge in [0.15, 0.2) is 0 Å². The first-order valence-corrected chi connectivity index (χ1v) is 14.7. The Morgan fingerprint density at radius 1 is 1.00 bits per heavy atom. The van der Waals surface area contributed by atoms with Crippen LogP contribution in [0.4, 0.5) is 5.69 Å². The number of nitrogens with one attached hydrogen (secondary N) is 1. The molecule has 0 aromatic heterocycles. The van der Waals surface area contributed by atoms with Crippen molar-refractivity contribution < 1.29 is 18.0 Å². The first kappa shape index (κ1) is 28.9. The molecule has 36 heavy (non-hydrogen) atoms. The lowest BCUT2D eigenvalue weighted by molar-refractivity contribution is -0.139. The summed E-state index contributed by atoms with van der Waals surface area (Å²) in [5, 5.41) is 4.05. The van der Waals surface area contributed by atoms with E-state index in [1.165, 1.54) is 23.1 Å². The highest BCUT2D eigenvalue weighted by atomic mass is 35.5. The van der Waals surface area contributed by atoms with Crippen LogP contribution < -0.4 is 9.62 Å². The first-order valence-electron chi connectivity index (χ1n) is 11.3. The lowest BCUT2D eigenvalue weighted by Crippen LogP contribution is -2.52. The van der Waals surface area contributed by atoms with E-state index >= 15 is 0 Å². The monoisotopic (exact) mass is 593 g/mol. The molecule has 196 valence electrons. The molecule has 1 atom stereocenters. The summed E-state index contributed by atoms with van der Waals surface area (Å²) < 4.78 is 26.2. The third kappa shape index (κ3) is 7.42. The molecule has 2 aromatic carbocycles. The fourth-order valence-electron chi connectivity index (χ4n) is 4.09. The van der Waals surface area contributed by atoms with Crippen molar-refractivity contribution in [3.8, 4) is 0 Å². The van der Waals surface area contributed by atoms with Gasteiger partial charge in [-0.05, 0) is 55.7 Å². The second kappa shape index (κ2) is 12.2. The molecule has 2 amide bonds. The molecule has 0 unspecified atom stereocenters. The van der Waals surface area contributed by atoms with Crippen LogP contribution in [0.2, 0.25) is 20.1 Å². The van der Waals surface area contributed by atoms with Gasteiger partial charge in [-0.25, -0.2) is 8.42 Å². The molecule has 2 aromatic rings. The third-order valence-electron chi connectivity index (χ3n) is 6.06. The van der Waals surface area contributed by atoms with Gasteiger partial charge < -0.3 is 10.2 Å². The van der Waals surface area contributed by atoms with E-state index in [4.69, 9.17) is 46.4 Å². The van der Waals surface area contributed by atoms with Gasteiger partial charge in [0.05, 0.1) is 27.0 Å². The second-order valence-corrected chi connectivity index (χ2v) is 12.4. The van der Waals surface area contributed by atoms with E-state index in [1.807, 2.05) is 0 Å². The quantitative estimate of drug-likeness (QED) is 0.413. The van der Waals surface area contributed by atoms with Crippen LogP contribution in [0.25, 0.3) is 0 Å². The molecule has 1 saturated carbocycles. The minimum atomic E-state index is -3.91. The zero-order valence-electron chi connectivity index (χ0n) is 19.8. The molecule has 7 nitrogen and oxygen atoms in total. The van der Waals surface area contributed by atoms with Crippen molar-refractivity contribution in [3.63, 3.8) is 0 Å². The van der Waals surface area contributed by atoms with Gasteiger partial charge in [-0.3, -0.25) is 13.9 Å². The summed E-state index contributed by atoms with van der Waals surface area (Å²) in [6.07, 6.45) is 4.82. The number of hydrogen-bond acceptors (Lipinski definition) is 4. The van der Waals surface area contributed by atoms with Crippen molar-refractivity contribution in [3.05, 3.63) is 62.1 Å². The van der Waals surface area contributed by atoms with Gasteiger partial charge in [0.25, 0.3) is 0 Å². The predicted molar refractivity (Wildman–Crippen MR) is 146 cm³/mol. The van der Waals surface area contributed by atoms with E-state index in [1.54, 1.807) is 25.1 Å². The Labute approximate surface area is 231 Å². The minimum absolute atomic E-state index is 0.0148. The summed E-state index contributed by atoms with van der Waals surface area (Å²) in [5.41, 5.74) is 0.739. The van der Waals surface area contributed by atoms with E-state index < -0.39 is 28.5 Å². The second-order valence-electron chi connectivity index (χ2n) is 8.80. The SMILES string of the molecule is C[C@H](C(=O)NC1CCCC1)N(Cc1ccc(Cl)c(Cl)c1)C(=O)CN(c1ccc(Cl)cc1Cl)S(C)(=O)=O. The van der Waals surface area contributed by atoms with Crippen LogP contribution in [0.1, 0.15) is 38.2 Å². The normalized spacial score (nSPS) is 14.9. The van der Waals surface area contributed by atoms with Crippen molar-refractivity contribution in [1.82, 2.24) is 10.2 Å². The summed E-state index contributed by atoms with van der Waals surface area (Å²) >= 11 is 24.4. The lowest BCUT2D eigenvalue weighted by atomic mass is 10.1. The molecular weight excluding hydrogens is 568 g/mol. The van der Waals surface area contributed by atoms with Gasteiger partial charge in [0.1, 0.15) is 12.6 Å². The Morgan fingerprint density at radius 2 is 1.67 bits per heavy atom. The zero-order chi connectivity index (χ0) is 26.6. The van der Waals surface area contributed by atoms with Crippen LogP contribution in [-0.2, 0) is 26.2 Å². The van der Waals surface area contributed by atoms with E-state index in [0.29, 0.717) is 20.6 Å². The van der Waals surface area contributed by atoms with Crippen LogP contribution in [-0.4, -0.2) is 50.0 Å². The van der Waals surface area contributed by atoms with Crippen molar-refractivity contribution in [1.29, 1.82) is 0 Å². The molecule has 0 aliphatic heterocycles. The first-order chi connectivity index (χ1) is 16.9. The largest absolute Gasteiger partial charge is 0.352 e. The zero-order valence-corrected chi connectivity index (χ0v) is 23.6. The average molecular weight is 595 g/mol. The van der Waals surface area contributed by atoms with Crippen LogP contribution in [0.5, 0.6) is 0 Å². The van der Waals surface area contributed by atoms with Gasteiger partial charge in [-0.1, -0.05) is 65.3 Å². The molecule has 1 N–H and O–H groups in total. The predicted octanol–water partition coefficient (Wildman–Crippen LogP) is 5.54. The molecular formula is C24H27Cl4N3O4S. The number of carbonyl (C=O) groups is 2. The summed E-state index contributed by atoms with van der Waals surface area (Å²) in [6, 6.07) is 8.39. The van der Waals surface area contributed by atoms with Gasteiger partial charge in [0, 0.05) is 17.6 Å². The van der Waals surface area contributed by atoms with Crippen LogP contribution in [0.15, 0.2) is 36.4 Å². The van der Waals surface area contributed by atoms with E-state index in [2.05, 4.69) is 5.32 Å². The summed E-state index contributed by atoms with van der Waals surface area (Å²) in [4.78, 5) is 28.0. The number of nitrogens with zero attached hydrogens (tertiary/aromatic N) is 2. The maximum atomic E-state index is 13.6.